The van der Waals surface area contributed by atoms with Crippen LogP contribution in [0.1, 0.15) is 40.7 Å². The maximum Gasteiger partial charge on any atom is 0.419 e. The summed E-state index contributed by atoms with van der Waals surface area (Å²) in [6, 6.07) is 10.1. The van der Waals surface area contributed by atoms with E-state index in [1.165, 1.54) is 17.2 Å². The second-order valence-electron chi connectivity index (χ2n) is 8.13. The quantitative estimate of drug-likeness (QED) is 0.347. The molecule has 0 aliphatic rings. The van der Waals surface area contributed by atoms with E-state index in [1.54, 1.807) is 6.07 Å². The number of aliphatic hydroxyl groups is 1. The third kappa shape index (κ3) is 7.93. The van der Waals surface area contributed by atoms with Gasteiger partial charge in [0.05, 0.1) is 30.9 Å². The van der Waals surface area contributed by atoms with Gasteiger partial charge in [0, 0.05) is 0 Å². The molecule has 0 saturated heterocycles. The topological polar surface area (TPSA) is 81.8 Å². The minimum absolute atomic E-state index is 0.129. The zero-order chi connectivity index (χ0) is 23.8. The molecule has 0 aromatic heterocycles. The molecule has 32 heavy (non-hydrogen) atoms. The van der Waals surface area contributed by atoms with Crippen molar-refractivity contribution in [2.45, 2.75) is 51.2 Å². The normalized spacial score (nSPS) is 14.1. The van der Waals surface area contributed by atoms with Crippen LogP contribution in [0.3, 0.4) is 0 Å². The number of alkyl halides is 3. The summed E-state index contributed by atoms with van der Waals surface area (Å²) in [4.78, 5) is 0. The molecule has 2 unspecified atom stereocenters. The van der Waals surface area contributed by atoms with E-state index in [1.807, 2.05) is 26.0 Å². The number of benzene rings is 2. The highest BCUT2D eigenvalue weighted by Gasteiger charge is 2.35. The molecule has 0 aliphatic carbocycles. The smallest absolute Gasteiger partial charge is 0.419 e. The van der Waals surface area contributed by atoms with E-state index >= 15 is 0 Å². The average Bonchev–Trinajstić information content (AvgIpc) is 2.76. The number of aliphatic hydroxyl groups excluding tert-OH is 1. The molecule has 0 saturated carbocycles. The van der Waals surface area contributed by atoms with Gasteiger partial charge in [-0.05, 0) is 73.9 Å². The molecular weight excluding hydrogens is 442 g/mol. The van der Waals surface area contributed by atoms with Crippen LogP contribution in [-0.2, 0) is 28.1 Å². The molecule has 0 fully saturated rings. The van der Waals surface area contributed by atoms with Crippen molar-refractivity contribution < 1.29 is 32.1 Å². The molecule has 3 N–H and O–H groups in total. The molecule has 0 aliphatic heterocycles. The molecule has 5 nitrogen and oxygen atoms in total. The van der Waals surface area contributed by atoms with Crippen molar-refractivity contribution in [2.24, 2.45) is 5.73 Å². The third-order valence-electron chi connectivity index (χ3n) is 5.45. The van der Waals surface area contributed by atoms with Crippen LogP contribution in [0.25, 0.3) is 0 Å². The Balaban J connectivity index is 2.01. The number of ether oxygens (including phenoxy) is 1. The Morgan fingerprint density at radius 1 is 1.03 bits per heavy atom. The van der Waals surface area contributed by atoms with Crippen molar-refractivity contribution in [2.75, 3.05) is 19.8 Å². The Kier molecular flexibility index (Phi) is 9.77. The van der Waals surface area contributed by atoms with Crippen LogP contribution in [-0.4, -0.2) is 30.5 Å². The number of rotatable bonds is 12. The van der Waals surface area contributed by atoms with Gasteiger partial charge in [-0.25, -0.2) is 0 Å². The maximum atomic E-state index is 13.6. The van der Waals surface area contributed by atoms with Gasteiger partial charge in [0.1, 0.15) is 5.75 Å². The standard InChI is InChI=1S/C23H31F3NO4P/c1-16-5-6-18(12-17(16)2)4-3-11-30-21-8-7-19(13-20(21)23(24,25)26)9-10-22(27,14-28)15-31-32-29/h5-8,12-13,28H,3-4,9-11,14-15,27,32H2,1-2H3. The average molecular weight is 473 g/mol. The van der Waals surface area contributed by atoms with Crippen LogP contribution in [0.15, 0.2) is 36.4 Å². The third-order valence-corrected chi connectivity index (χ3v) is 5.76. The molecule has 2 rings (SSSR count). The van der Waals surface area contributed by atoms with Gasteiger partial charge in [0.15, 0.2) is 8.69 Å². The molecular formula is C23H31F3NO4P. The van der Waals surface area contributed by atoms with Crippen LogP contribution in [0.5, 0.6) is 5.75 Å². The molecule has 9 heteroatoms. The van der Waals surface area contributed by atoms with Crippen molar-refractivity contribution in [3.63, 3.8) is 0 Å². The van der Waals surface area contributed by atoms with E-state index < -0.39 is 32.6 Å². The Bertz CT molecular complexity index is 907. The fraction of sp³-hybridized carbons (Fsp3) is 0.478. The summed E-state index contributed by atoms with van der Waals surface area (Å²) in [7, 11) is -1.47. The molecule has 0 bridgehead atoms. The van der Waals surface area contributed by atoms with Gasteiger partial charge in [-0.2, -0.15) is 13.2 Å². The summed E-state index contributed by atoms with van der Waals surface area (Å²) in [6.45, 7) is 3.67. The second-order valence-corrected chi connectivity index (χ2v) is 8.65. The van der Waals surface area contributed by atoms with E-state index in [4.69, 9.17) is 15.0 Å². The lowest BCUT2D eigenvalue weighted by Crippen LogP contribution is -2.47. The fourth-order valence-electron chi connectivity index (χ4n) is 3.29. The van der Waals surface area contributed by atoms with Gasteiger partial charge in [-0.1, -0.05) is 24.3 Å². The zero-order valence-electron chi connectivity index (χ0n) is 18.4. The second kappa shape index (κ2) is 11.8. The summed E-state index contributed by atoms with van der Waals surface area (Å²) < 4.78 is 61.6. The van der Waals surface area contributed by atoms with Crippen LogP contribution < -0.4 is 10.5 Å². The predicted octanol–water partition coefficient (Wildman–Crippen LogP) is 4.64. The number of aryl methyl sites for hydroxylation is 4. The summed E-state index contributed by atoms with van der Waals surface area (Å²) in [5, 5.41) is 9.45. The first-order valence-electron chi connectivity index (χ1n) is 10.4. The van der Waals surface area contributed by atoms with Gasteiger partial charge in [0.25, 0.3) is 0 Å². The van der Waals surface area contributed by atoms with Crippen molar-refractivity contribution in [3.8, 4) is 5.75 Å². The highest BCUT2D eigenvalue weighted by atomic mass is 31.1. The number of nitrogens with two attached hydrogens (primary N) is 1. The monoisotopic (exact) mass is 473 g/mol. The van der Waals surface area contributed by atoms with E-state index in [9.17, 15) is 22.8 Å². The van der Waals surface area contributed by atoms with E-state index in [-0.39, 0.29) is 31.8 Å². The Morgan fingerprint density at radius 3 is 2.34 bits per heavy atom. The molecule has 178 valence electrons. The molecule has 0 heterocycles. The largest absolute Gasteiger partial charge is 0.493 e. The summed E-state index contributed by atoms with van der Waals surface area (Å²) in [5.41, 5.74) is 7.90. The molecule has 2 aromatic rings. The summed E-state index contributed by atoms with van der Waals surface area (Å²) >= 11 is 0. The van der Waals surface area contributed by atoms with Crippen molar-refractivity contribution in [1.29, 1.82) is 0 Å². The van der Waals surface area contributed by atoms with E-state index in [0.717, 1.165) is 11.6 Å². The van der Waals surface area contributed by atoms with Gasteiger partial charge < -0.3 is 20.1 Å². The molecule has 2 atom stereocenters. The van der Waals surface area contributed by atoms with Crippen LogP contribution in [0.2, 0.25) is 0 Å². The first-order chi connectivity index (χ1) is 15.1. The van der Waals surface area contributed by atoms with Crippen molar-refractivity contribution in [1.82, 2.24) is 0 Å². The predicted molar refractivity (Wildman–Crippen MR) is 120 cm³/mol. The molecule has 0 spiro atoms. The summed E-state index contributed by atoms with van der Waals surface area (Å²) in [6.07, 6.45) is -2.88. The first-order valence-corrected chi connectivity index (χ1v) is 11.4. The highest BCUT2D eigenvalue weighted by molar-refractivity contribution is 7.17. The van der Waals surface area contributed by atoms with Gasteiger partial charge >= 0.3 is 6.18 Å². The van der Waals surface area contributed by atoms with Crippen molar-refractivity contribution in [3.05, 3.63) is 64.2 Å². The van der Waals surface area contributed by atoms with Gasteiger partial charge in [-0.3, -0.25) is 4.57 Å². The molecule has 2 aromatic carbocycles. The zero-order valence-corrected chi connectivity index (χ0v) is 19.5. The fourth-order valence-corrected chi connectivity index (χ4v) is 3.69. The molecule has 0 radical (unpaired) electrons. The lowest BCUT2D eigenvalue weighted by Gasteiger charge is -2.26. The SMILES string of the molecule is Cc1ccc(CCCOc2ccc(CCC(N)(CO)CO[PH2]=O)cc2C(F)(F)F)cc1C. The van der Waals surface area contributed by atoms with E-state index in [2.05, 4.69) is 6.07 Å². The number of hydrogen-bond acceptors (Lipinski definition) is 5. The van der Waals surface area contributed by atoms with E-state index in [0.29, 0.717) is 18.4 Å². The Hall–Kier alpha value is -1.86. The Morgan fingerprint density at radius 2 is 1.72 bits per heavy atom. The Labute approximate surface area is 188 Å². The lowest BCUT2D eigenvalue weighted by molar-refractivity contribution is -0.139. The number of hydrogen-bond donors (Lipinski definition) is 2. The van der Waals surface area contributed by atoms with Gasteiger partial charge in [-0.15, -0.1) is 0 Å². The van der Waals surface area contributed by atoms with Crippen LogP contribution in [0.4, 0.5) is 13.2 Å². The van der Waals surface area contributed by atoms with Crippen molar-refractivity contribution >= 4 is 8.69 Å². The summed E-state index contributed by atoms with van der Waals surface area (Å²) in [5.74, 6) is -0.208. The minimum atomic E-state index is -4.56. The first kappa shape index (κ1) is 26.4. The van der Waals surface area contributed by atoms with Crippen LogP contribution >= 0.6 is 8.69 Å². The minimum Gasteiger partial charge on any atom is -0.493 e. The highest BCUT2D eigenvalue weighted by Crippen LogP contribution is 2.37. The number of halogens is 3. The van der Waals surface area contributed by atoms with Gasteiger partial charge in [0.2, 0.25) is 0 Å². The van der Waals surface area contributed by atoms with Crippen LogP contribution in [0, 0.1) is 13.8 Å². The lowest BCUT2D eigenvalue weighted by atomic mass is 9.93. The molecule has 0 amide bonds. The maximum absolute atomic E-state index is 13.6.